The van der Waals surface area contributed by atoms with Crippen molar-refractivity contribution in [1.82, 2.24) is 19.6 Å². The van der Waals surface area contributed by atoms with Crippen molar-refractivity contribution in [2.24, 2.45) is 9.98 Å². The average Bonchev–Trinajstić information content (AvgIpc) is 3.63. The molecule has 0 radical (unpaired) electrons. The van der Waals surface area contributed by atoms with E-state index in [0.29, 0.717) is 34.7 Å². The number of aliphatic imine (C=N–C) groups is 2. The fraction of sp³-hybridized carbons (Fsp3) is 0.108. The van der Waals surface area contributed by atoms with E-state index >= 15 is 0 Å². The van der Waals surface area contributed by atoms with Crippen LogP contribution in [0.4, 0.5) is 20.2 Å². The molecular weight excluding hydrogens is 714 g/mol. The number of nitrogens with zero attached hydrogens (tertiary/aromatic N) is 6. The van der Waals surface area contributed by atoms with Gasteiger partial charge in [0, 0.05) is 29.8 Å². The van der Waals surface area contributed by atoms with Gasteiger partial charge in [-0.3, -0.25) is 9.98 Å². The number of esters is 1. The van der Waals surface area contributed by atoms with Gasteiger partial charge >= 0.3 is 5.97 Å². The van der Waals surface area contributed by atoms with Crippen molar-refractivity contribution in [2.45, 2.75) is 20.3 Å². The minimum absolute atomic E-state index is 0. The number of hydrogen-bond donors (Lipinski definition) is 4. The zero-order chi connectivity index (χ0) is 36.5. The van der Waals surface area contributed by atoms with E-state index in [4.69, 9.17) is 4.74 Å². The Labute approximate surface area is 307 Å². The third kappa shape index (κ3) is 8.89. The maximum absolute atomic E-state index is 13.2. The van der Waals surface area contributed by atoms with Crippen LogP contribution in [0, 0.1) is 11.6 Å². The third-order valence-corrected chi connectivity index (χ3v) is 7.24. The van der Waals surface area contributed by atoms with Crippen molar-refractivity contribution < 1.29 is 56.1 Å². The summed E-state index contributed by atoms with van der Waals surface area (Å²) >= 11 is 0. The van der Waals surface area contributed by atoms with Crippen molar-refractivity contribution >= 4 is 29.8 Å². The van der Waals surface area contributed by atoms with Gasteiger partial charge < -0.3 is 25.2 Å². The number of benzene rings is 4. The molecule has 0 aliphatic carbocycles. The maximum Gasteiger partial charge on any atom is 0.359 e. The van der Waals surface area contributed by atoms with Crippen LogP contribution in [0.5, 0.6) is 23.3 Å². The van der Waals surface area contributed by atoms with Gasteiger partial charge in [0.15, 0.2) is 5.69 Å². The molecule has 0 atom stereocenters. The van der Waals surface area contributed by atoms with Gasteiger partial charge in [-0.25, -0.2) is 18.3 Å². The van der Waals surface area contributed by atoms with Gasteiger partial charge in [-0.1, -0.05) is 31.2 Å². The molecule has 4 N–H and O–H groups in total. The summed E-state index contributed by atoms with van der Waals surface area (Å²) in [6.07, 6.45) is 3.27. The van der Waals surface area contributed by atoms with E-state index in [1.807, 2.05) is 6.92 Å². The molecule has 2 aromatic heterocycles. The second-order valence-corrected chi connectivity index (χ2v) is 10.6. The molecule has 0 fully saturated rings. The van der Waals surface area contributed by atoms with Gasteiger partial charge in [0.25, 0.3) is 0 Å². The summed E-state index contributed by atoms with van der Waals surface area (Å²) in [6, 6.07) is 23.9. The topological polar surface area (TPSA) is 168 Å². The van der Waals surface area contributed by atoms with Gasteiger partial charge in [-0.2, -0.15) is 14.9 Å². The van der Waals surface area contributed by atoms with Crippen LogP contribution in [0.2, 0.25) is 0 Å². The molecule has 2 heterocycles. The number of carbonyl (C=O) groups excluding carboxylic acids is 1. The number of rotatable bonds is 9. The van der Waals surface area contributed by atoms with Crippen molar-refractivity contribution in [1.29, 1.82) is 0 Å². The van der Waals surface area contributed by atoms with Crippen molar-refractivity contribution in [2.75, 3.05) is 6.61 Å². The Kier molecular flexibility index (Phi) is 13.0. The summed E-state index contributed by atoms with van der Waals surface area (Å²) in [4.78, 5) is 20.5. The van der Waals surface area contributed by atoms with E-state index < -0.39 is 11.8 Å². The van der Waals surface area contributed by atoms with Crippen LogP contribution in [0.3, 0.4) is 0 Å². The van der Waals surface area contributed by atoms with Crippen LogP contribution in [0.25, 0.3) is 11.4 Å². The zero-order valence-corrected chi connectivity index (χ0v) is 29.0. The largest absolute Gasteiger partial charge is 0.506 e. The predicted octanol–water partition coefficient (Wildman–Crippen LogP) is 7.08. The van der Waals surface area contributed by atoms with Crippen LogP contribution in [0.15, 0.2) is 107 Å². The minimum atomic E-state index is -0.743. The Morgan fingerprint density at radius 3 is 1.60 bits per heavy atom. The number of ether oxygens (including phenoxy) is 1. The van der Waals surface area contributed by atoms with E-state index in [-0.39, 0.29) is 70.0 Å². The summed E-state index contributed by atoms with van der Waals surface area (Å²) in [5.74, 6) is -2.01. The van der Waals surface area contributed by atoms with Gasteiger partial charge in [0.1, 0.15) is 34.5 Å². The number of aryl methyl sites for hydroxylation is 1. The van der Waals surface area contributed by atoms with Crippen molar-refractivity contribution in [3.63, 3.8) is 0 Å². The number of phenolic OH excluding ortho intramolecular Hbond substituents is 2. The molecule has 0 saturated heterocycles. The van der Waals surface area contributed by atoms with Crippen LogP contribution >= 0.6 is 0 Å². The van der Waals surface area contributed by atoms with E-state index in [0.717, 1.165) is 4.68 Å². The summed E-state index contributed by atoms with van der Waals surface area (Å²) in [5.41, 5.74) is 2.52. The quantitative estimate of drug-likeness (QED) is 0.0899. The Morgan fingerprint density at radius 2 is 1.13 bits per heavy atom. The Bertz CT molecular complexity index is 2200. The Hall–Kier alpha value is -6.30. The Morgan fingerprint density at radius 1 is 0.692 bits per heavy atom. The molecule has 52 heavy (non-hydrogen) atoms. The van der Waals surface area contributed by atoms with Gasteiger partial charge in [0.05, 0.1) is 34.8 Å². The number of phenols is 2. The number of halogens is 2. The van der Waals surface area contributed by atoms with Gasteiger partial charge in [-0.05, 0) is 86.1 Å². The Balaban J connectivity index is 0.000000230. The SMILES string of the molecule is CCOC(=O)c1nn(-c2ccc(F)cc2)c(O)c1C=Nc1ccccc1O.CCc1nn(-c2ccc(F)cc2)c(O)c1C=Nc1ccccc1O.[Cr]. The molecule has 0 aliphatic heterocycles. The van der Waals surface area contributed by atoms with Crippen LogP contribution in [-0.4, -0.2) is 65.0 Å². The van der Waals surface area contributed by atoms with Gasteiger partial charge in [0.2, 0.25) is 11.8 Å². The van der Waals surface area contributed by atoms with E-state index in [2.05, 4.69) is 20.2 Å². The average molecular weight is 747 g/mol. The summed E-state index contributed by atoms with van der Waals surface area (Å²) < 4.78 is 33.6. The van der Waals surface area contributed by atoms with E-state index in [1.54, 1.807) is 43.3 Å². The monoisotopic (exact) mass is 746 g/mol. The van der Waals surface area contributed by atoms with Crippen molar-refractivity contribution in [3.8, 4) is 34.6 Å². The predicted molar refractivity (Wildman–Crippen MR) is 186 cm³/mol. The molecular formula is C37H32CrF2N6O6. The third-order valence-electron chi connectivity index (χ3n) is 7.24. The maximum atomic E-state index is 13.2. The normalized spacial score (nSPS) is 10.9. The first-order valence-electron chi connectivity index (χ1n) is 15.6. The molecule has 0 bridgehead atoms. The first-order chi connectivity index (χ1) is 24.6. The zero-order valence-electron chi connectivity index (χ0n) is 27.8. The molecule has 0 amide bonds. The molecule has 4 aromatic carbocycles. The fourth-order valence-electron chi connectivity index (χ4n) is 4.69. The van der Waals surface area contributed by atoms with Gasteiger partial charge in [-0.15, -0.1) is 0 Å². The molecule has 0 aliphatic rings. The molecule has 15 heteroatoms. The first kappa shape index (κ1) is 38.5. The molecule has 6 rings (SSSR count). The molecule has 0 unspecified atom stereocenters. The van der Waals surface area contributed by atoms with E-state index in [1.165, 1.54) is 77.8 Å². The van der Waals surface area contributed by atoms with Crippen molar-refractivity contribution in [3.05, 3.63) is 131 Å². The fourth-order valence-corrected chi connectivity index (χ4v) is 4.69. The second-order valence-electron chi connectivity index (χ2n) is 10.6. The number of aromatic hydroxyl groups is 4. The first-order valence-corrected chi connectivity index (χ1v) is 15.6. The molecule has 0 spiro atoms. The number of hydrogen-bond acceptors (Lipinski definition) is 10. The molecule has 6 aromatic rings. The minimum Gasteiger partial charge on any atom is -0.506 e. The van der Waals surface area contributed by atoms with Crippen LogP contribution in [0.1, 0.15) is 41.2 Å². The van der Waals surface area contributed by atoms with Crippen LogP contribution in [-0.2, 0) is 28.5 Å². The number of carbonyl (C=O) groups is 1. The van der Waals surface area contributed by atoms with Crippen LogP contribution < -0.4 is 0 Å². The second kappa shape index (κ2) is 17.6. The number of para-hydroxylation sites is 4. The molecule has 0 saturated carbocycles. The summed E-state index contributed by atoms with van der Waals surface area (Å²) in [7, 11) is 0. The standard InChI is InChI=1S/C19H16FN3O4.C18H16FN3O2.Cr/c1-2-27-19(26)17-14(11-21-15-5-3-4-6-16(15)24)18(25)23(22-17)13-9-7-12(20)8-10-13;1-2-15-14(11-20-16-5-3-4-6-17(16)23)18(24)22(21-15)13-9-7-12(19)8-10-13;/h3-11,24-25H,2H2,1H3;3-11,23-24H,2H2,1H3;. The summed E-state index contributed by atoms with van der Waals surface area (Å²) in [5, 5.41) is 49.0. The molecule has 12 nitrogen and oxygen atoms in total. The number of aromatic nitrogens is 4. The molecule has 266 valence electrons. The summed E-state index contributed by atoms with van der Waals surface area (Å²) in [6.45, 7) is 3.68. The smallest absolute Gasteiger partial charge is 0.359 e. The van der Waals surface area contributed by atoms with E-state index in [9.17, 15) is 34.0 Å².